The Labute approximate surface area is 239 Å². The van der Waals surface area contributed by atoms with Crippen LogP contribution in [-0.4, -0.2) is 59.9 Å². The summed E-state index contributed by atoms with van der Waals surface area (Å²) in [4.78, 5) is 43.5. The van der Waals surface area contributed by atoms with Crippen LogP contribution in [0.15, 0.2) is 59.8 Å². The number of benzene rings is 2. The molecule has 1 aliphatic rings. The van der Waals surface area contributed by atoms with E-state index in [-0.39, 0.29) is 43.3 Å². The largest absolute Gasteiger partial charge is 0.463 e. The minimum Gasteiger partial charge on any atom is -0.463 e. The van der Waals surface area contributed by atoms with Gasteiger partial charge in [-0.15, -0.1) is 0 Å². The fourth-order valence-corrected chi connectivity index (χ4v) is 5.29. The lowest BCUT2D eigenvalue weighted by Gasteiger charge is -2.34. The zero-order valence-electron chi connectivity index (χ0n) is 25.0. The fraction of sp³-hybridized carbons (Fsp3) is 0.485. The molecule has 2 aromatic rings. The van der Waals surface area contributed by atoms with Gasteiger partial charge < -0.3 is 19.9 Å². The highest BCUT2D eigenvalue weighted by molar-refractivity contribution is 5.96. The molecule has 2 unspecified atom stereocenters. The van der Waals surface area contributed by atoms with Gasteiger partial charge in [-0.25, -0.2) is 4.79 Å². The Morgan fingerprint density at radius 1 is 1.07 bits per heavy atom. The van der Waals surface area contributed by atoms with Crippen molar-refractivity contribution in [3.05, 3.63) is 82.1 Å². The van der Waals surface area contributed by atoms with E-state index in [1.807, 2.05) is 56.3 Å². The summed E-state index contributed by atoms with van der Waals surface area (Å²) in [5.74, 6) is -0.941. The summed E-state index contributed by atoms with van der Waals surface area (Å²) < 4.78 is 5.41. The number of nitrogens with one attached hydrogen (secondary N) is 1. The first-order valence-corrected chi connectivity index (χ1v) is 14.5. The molecule has 3 rings (SSSR count). The molecule has 7 heteroatoms. The number of rotatable bonds is 13. The van der Waals surface area contributed by atoms with Crippen LogP contribution in [0.1, 0.15) is 86.8 Å². The zero-order chi connectivity index (χ0) is 29.2. The molecule has 2 amide bonds. The number of aryl methyl sites for hydroxylation is 1. The molecule has 0 aromatic heterocycles. The zero-order valence-corrected chi connectivity index (χ0v) is 25.0. The third-order valence-corrected chi connectivity index (χ3v) is 7.71. The Kier molecular flexibility index (Phi) is 11.5. The van der Waals surface area contributed by atoms with Crippen molar-refractivity contribution >= 4 is 17.8 Å². The molecule has 1 N–H and O–H groups in total. The van der Waals surface area contributed by atoms with E-state index in [1.54, 1.807) is 24.8 Å². The fourth-order valence-electron chi connectivity index (χ4n) is 5.29. The molecule has 40 heavy (non-hydrogen) atoms. The van der Waals surface area contributed by atoms with E-state index < -0.39 is 5.97 Å². The summed E-state index contributed by atoms with van der Waals surface area (Å²) >= 11 is 0. The molecule has 0 bridgehead atoms. The van der Waals surface area contributed by atoms with E-state index in [4.69, 9.17) is 4.74 Å². The molecule has 2 aromatic carbocycles. The van der Waals surface area contributed by atoms with Gasteiger partial charge in [-0.3, -0.25) is 9.59 Å². The molecule has 0 spiro atoms. The van der Waals surface area contributed by atoms with E-state index in [2.05, 4.69) is 24.1 Å². The molecule has 1 aliphatic heterocycles. The van der Waals surface area contributed by atoms with Crippen LogP contribution in [0.3, 0.4) is 0 Å². The van der Waals surface area contributed by atoms with Crippen molar-refractivity contribution in [2.45, 2.75) is 79.3 Å². The highest BCUT2D eigenvalue weighted by Crippen LogP contribution is 2.37. The highest BCUT2D eigenvalue weighted by atomic mass is 16.5. The second kappa shape index (κ2) is 14.8. The van der Waals surface area contributed by atoms with Crippen LogP contribution in [0.25, 0.3) is 0 Å². The van der Waals surface area contributed by atoms with E-state index in [0.717, 1.165) is 49.2 Å². The van der Waals surface area contributed by atoms with Gasteiger partial charge in [0, 0.05) is 29.6 Å². The maximum absolute atomic E-state index is 13.4. The lowest BCUT2D eigenvalue weighted by Crippen LogP contribution is -2.38. The van der Waals surface area contributed by atoms with Crippen LogP contribution in [0.2, 0.25) is 0 Å². The molecular formula is C33H45N3O4. The number of nitrogens with zero attached hydrogens (tertiary/aromatic N) is 2. The second-order valence-electron chi connectivity index (χ2n) is 10.6. The topological polar surface area (TPSA) is 79.0 Å². The van der Waals surface area contributed by atoms with Crippen LogP contribution in [0.5, 0.6) is 0 Å². The third kappa shape index (κ3) is 8.04. The lowest BCUT2D eigenvalue weighted by molar-refractivity contribution is -0.140. The van der Waals surface area contributed by atoms with Gasteiger partial charge in [0.25, 0.3) is 5.91 Å². The molecule has 7 nitrogen and oxygen atoms in total. The van der Waals surface area contributed by atoms with Crippen molar-refractivity contribution < 1.29 is 19.1 Å². The summed E-state index contributed by atoms with van der Waals surface area (Å²) in [6, 6.07) is 15.4. The summed E-state index contributed by atoms with van der Waals surface area (Å²) in [5.41, 5.74) is 4.53. The summed E-state index contributed by atoms with van der Waals surface area (Å²) in [6.07, 6.45) is 2.12. The van der Waals surface area contributed by atoms with Crippen molar-refractivity contribution in [1.29, 1.82) is 0 Å². The molecule has 0 aliphatic carbocycles. The van der Waals surface area contributed by atoms with Crippen LogP contribution < -0.4 is 5.32 Å². The van der Waals surface area contributed by atoms with Crippen molar-refractivity contribution in [2.75, 3.05) is 26.2 Å². The lowest BCUT2D eigenvalue weighted by atomic mass is 9.83. The SMILES string of the molecule is CCOC(=O)C1=C(C)N(Cc2cccc(C(=O)NC(C)CCCN(CC)CC)c2)C(=O)CC1c1ccc(C)cc1. The quantitative estimate of drug-likeness (QED) is 0.331. The summed E-state index contributed by atoms with van der Waals surface area (Å²) in [5, 5.41) is 3.11. The van der Waals surface area contributed by atoms with E-state index in [1.165, 1.54) is 0 Å². The molecule has 0 fully saturated rings. The number of carbonyl (C=O) groups is 3. The molecule has 0 saturated heterocycles. The van der Waals surface area contributed by atoms with E-state index in [9.17, 15) is 14.4 Å². The Hall–Kier alpha value is -3.45. The minimum atomic E-state index is -0.397. The average molecular weight is 548 g/mol. The van der Waals surface area contributed by atoms with Crippen molar-refractivity contribution in [1.82, 2.24) is 15.1 Å². The van der Waals surface area contributed by atoms with Gasteiger partial charge in [0.05, 0.1) is 18.7 Å². The maximum Gasteiger partial charge on any atom is 0.336 e. The van der Waals surface area contributed by atoms with Crippen LogP contribution in [0.4, 0.5) is 0 Å². The summed E-state index contributed by atoms with van der Waals surface area (Å²) in [6.45, 7) is 15.6. The van der Waals surface area contributed by atoms with Crippen molar-refractivity contribution in [3.8, 4) is 0 Å². The maximum atomic E-state index is 13.4. The van der Waals surface area contributed by atoms with Gasteiger partial charge in [0.2, 0.25) is 5.91 Å². The van der Waals surface area contributed by atoms with Crippen molar-refractivity contribution in [2.24, 2.45) is 0 Å². The van der Waals surface area contributed by atoms with Gasteiger partial charge >= 0.3 is 5.97 Å². The van der Waals surface area contributed by atoms with E-state index >= 15 is 0 Å². The molecule has 0 saturated carbocycles. The van der Waals surface area contributed by atoms with Crippen LogP contribution >= 0.6 is 0 Å². The van der Waals surface area contributed by atoms with Gasteiger partial charge in [0.15, 0.2) is 0 Å². The first-order chi connectivity index (χ1) is 19.2. The number of allylic oxidation sites excluding steroid dienone is 1. The first-order valence-electron chi connectivity index (χ1n) is 14.5. The average Bonchev–Trinajstić information content (AvgIpc) is 2.93. The Morgan fingerprint density at radius 2 is 1.77 bits per heavy atom. The number of hydrogen-bond acceptors (Lipinski definition) is 5. The van der Waals surface area contributed by atoms with Gasteiger partial charge in [-0.1, -0.05) is 55.8 Å². The minimum absolute atomic E-state index is 0.0615. The van der Waals surface area contributed by atoms with Crippen LogP contribution in [0, 0.1) is 6.92 Å². The van der Waals surface area contributed by atoms with Crippen LogP contribution in [-0.2, 0) is 20.9 Å². The monoisotopic (exact) mass is 547 g/mol. The molecular weight excluding hydrogens is 502 g/mol. The van der Waals surface area contributed by atoms with Gasteiger partial charge in [0.1, 0.15) is 0 Å². The Morgan fingerprint density at radius 3 is 2.42 bits per heavy atom. The normalized spacial score (nSPS) is 16.3. The Bertz CT molecular complexity index is 1200. The number of hydrogen-bond donors (Lipinski definition) is 1. The standard InChI is InChI=1S/C33H45N3O4/c1-7-35(8-2)19-11-12-24(5)34-32(38)28-14-10-13-26(20-28)22-36-25(6)31(33(39)40-9-3)29(21-30(36)37)27-17-15-23(4)16-18-27/h10,13-18,20,24,29H,7-9,11-12,19,21-22H2,1-6H3,(H,34,38). The second-order valence-corrected chi connectivity index (χ2v) is 10.6. The van der Waals surface area contributed by atoms with Gasteiger partial charge in [-0.2, -0.15) is 0 Å². The predicted octanol–water partition coefficient (Wildman–Crippen LogP) is 5.59. The molecule has 0 radical (unpaired) electrons. The number of ether oxygens (including phenoxy) is 1. The molecule has 1 heterocycles. The van der Waals surface area contributed by atoms with E-state index in [0.29, 0.717) is 16.8 Å². The Balaban J connectivity index is 1.76. The number of amides is 2. The first kappa shape index (κ1) is 31.1. The van der Waals surface area contributed by atoms with Gasteiger partial charge in [-0.05, 0) is 83.4 Å². The smallest absolute Gasteiger partial charge is 0.336 e. The predicted molar refractivity (Wildman–Crippen MR) is 159 cm³/mol. The summed E-state index contributed by atoms with van der Waals surface area (Å²) in [7, 11) is 0. The number of esters is 1. The molecule has 2 atom stereocenters. The number of carbonyl (C=O) groups excluding carboxylic acids is 3. The molecule has 216 valence electrons. The highest BCUT2D eigenvalue weighted by Gasteiger charge is 2.36. The van der Waals surface area contributed by atoms with Crippen molar-refractivity contribution in [3.63, 3.8) is 0 Å². The third-order valence-electron chi connectivity index (χ3n) is 7.71.